The zero-order valence-electron chi connectivity index (χ0n) is 19.0. The van der Waals surface area contributed by atoms with E-state index in [1.807, 2.05) is 19.1 Å². The largest absolute Gasteiger partial charge is 0.480 e. The van der Waals surface area contributed by atoms with Crippen molar-refractivity contribution in [2.45, 2.75) is 70.0 Å². The number of pyridine rings is 1. The van der Waals surface area contributed by atoms with Crippen LogP contribution in [0.15, 0.2) is 24.4 Å². The fourth-order valence-corrected chi connectivity index (χ4v) is 5.35. The molecule has 0 unspecified atom stereocenters. The van der Waals surface area contributed by atoms with Gasteiger partial charge in [-0.3, -0.25) is 9.59 Å². The van der Waals surface area contributed by atoms with Crippen molar-refractivity contribution in [3.63, 3.8) is 0 Å². The Labute approximate surface area is 203 Å². The van der Waals surface area contributed by atoms with Gasteiger partial charge in [-0.25, -0.2) is 4.98 Å². The van der Waals surface area contributed by atoms with Crippen LogP contribution in [0, 0.1) is 5.92 Å². The minimum atomic E-state index is -0.482. The van der Waals surface area contributed by atoms with E-state index in [9.17, 15) is 9.59 Å². The van der Waals surface area contributed by atoms with Crippen molar-refractivity contribution in [2.24, 2.45) is 5.92 Å². The molecule has 0 aliphatic heterocycles. The number of carbonyl (C=O) groups is 2. The molecular weight excluding hydrogens is 460 g/mol. The molecule has 4 rings (SSSR count). The summed E-state index contributed by atoms with van der Waals surface area (Å²) in [6.45, 7) is 2.00. The molecule has 9 heteroatoms. The van der Waals surface area contributed by atoms with Crippen molar-refractivity contribution in [3.8, 4) is 5.88 Å². The van der Waals surface area contributed by atoms with Crippen molar-refractivity contribution < 1.29 is 14.3 Å². The highest BCUT2D eigenvalue weighted by Gasteiger charge is 2.31. The van der Waals surface area contributed by atoms with E-state index in [1.165, 1.54) is 30.4 Å². The Morgan fingerprint density at radius 1 is 1.24 bits per heavy atom. The summed E-state index contributed by atoms with van der Waals surface area (Å²) in [5.74, 6) is 0.710. The third-order valence-electron chi connectivity index (χ3n) is 6.25. The number of hydrogen-bond acceptors (Lipinski definition) is 6. The summed E-state index contributed by atoms with van der Waals surface area (Å²) in [5, 5.41) is 9.93. The van der Waals surface area contributed by atoms with E-state index in [1.54, 1.807) is 13.2 Å². The molecule has 0 bridgehead atoms. The summed E-state index contributed by atoms with van der Waals surface area (Å²) in [4.78, 5) is 31.6. The van der Waals surface area contributed by atoms with Crippen LogP contribution in [0.25, 0.3) is 0 Å². The van der Waals surface area contributed by atoms with Crippen LogP contribution >= 0.6 is 22.9 Å². The normalized spacial score (nSPS) is 17.9. The van der Waals surface area contributed by atoms with Gasteiger partial charge < -0.3 is 20.7 Å². The summed E-state index contributed by atoms with van der Waals surface area (Å²) in [6, 6.07) is 5.21. The van der Waals surface area contributed by atoms with Crippen LogP contribution in [-0.2, 0) is 4.79 Å². The van der Waals surface area contributed by atoms with Gasteiger partial charge in [0.25, 0.3) is 5.91 Å². The summed E-state index contributed by atoms with van der Waals surface area (Å²) < 4.78 is 5.30. The lowest BCUT2D eigenvalue weighted by atomic mass is 9.97. The summed E-state index contributed by atoms with van der Waals surface area (Å²) in [7, 11) is 1.56. The quantitative estimate of drug-likeness (QED) is 0.439. The van der Waals surface area contributed by atoms with Crippen LogP contribution in [-0.4, -0.2) is 36.0 Å². The number of anilines is 1. The molecule has 3 N–H and O–H groups in total. The average Bonchev–Trinajstić information content (AvgIpc) is 3.25. The summed E-state index contributed by atoms with van der Waals surface area (Å²) >= 11 is 7.49. The first-order valence-corrected chi connectivity index (χ1v) is 12.8. The van der Waals surface area contributed by atoms with E-state index in [-0.39, 0.29) is 23.9 Å². The fraction of sp³-hybridized carbons (Fsp3) is 0.542. The van der Waals surface area contributed by atoms with Gasteiger partial charge in [-0.1, -0.05) is 37.3 Å². The maximum atomic E-state index is 13.0. The van der Waals surface area contributed by atoms with Gasteiger partial charge in [-0.2, -0.15) is 0 Å². The minimum Gasteiger partial charge on any atom is -0.480 e. The van der Waals surface area contributed by atoms with Crippen LogP contribution in [0.2, 0.25) is 5.02 Å². The number of aromatic nitrogens is 1. The van der Waals surface area contributed by atoms with Gasteiger partial charge in [-0.05, 0) is 50.3 Å². The number of hydrogen-bond donors (Lipinski definition) is 3. The van der Waals surface area contributed by atoms with Crippen molar-refractivity contribution in [1.82, 2.24) is 15.6 Å². The second-order valence-electron chi connectivity index (χ2n) is 8.97. The van der Waals surface area contributed by atoms with E-state index in [4.69, 9.17) is 16.3 Å². The van der Waals surface area contributed by atoms with E-state index >= 15 is 0 Å². The maximum absolute atomic E-state index is 13.0. The van der Waals surface area contributed by atoms with Crippen molar-refractivity contribution in [1.29, 1.82) is 0 Å². The SMILES string of the molecule is COc1ncc(Cl)cc1N[C@H](C)c1ccc(C(=O)N[C@@H](CC2CCCC2)C(=O)NC2CC2)s1. The molecule has 33 heavy (non-hydrogen) atoms. The molecule has 2 saturated carbocycles. The Morgan fingerprint density at radius 3 is 2.70 bits per heavy atom. The number of rotatable bonds is 10. The molecule has 2 atom stereocenters. The van der Waals surface area contributed by atoms with Crippen LogP contribution in [0.3, 0.4) is 0 Å². The van der Waals surface area contributed by atoms with Crippen LogP contribution < -0.4 is 20.7 Å². The molecule has 0 aromatic carbocycles. The number of ether oxygens (including phenoxy) is 1. The number of amides is 2. The molecule has 7 nitrogen and oxygen atoms in total. The molecule has 2 aromatic heterocycles. The molecule has 2 amide bonds. The average molecular weight is 491 g/mol. The van der Waals surface area contributed by atoms with Gasteiger partial charge in [0.05, 0.1) is 28.7 Å². The Balaban J connectivity index is 1.41. The molecule has 0 radical (unpaired) electrons. The predicted octanol–water partition coefficient (Wildman–Crippen LogP) is 4.94. The highest BCUT2D eigenvalue weighted by Crippen LogP contribution is 2.32. The fourth-order valence-electron chi connectivity index (χ4n) is 4.27. The van der Waals surface area contributed by atoms with Crippen molar-refractivity contribution >= 4 is 40.4 Å². The molecular formula is C24H31ClN4O3S. The number of carbonyl (C=O) groups excluding carboxylic acids is 2. The maximum Gasteiger partial charge on any atom is 0.262 e. The number of methoxy groups -OCH3 is 1. The Bertz CT molecular complexity index is 988. The van der Waals surface area contributed by atoms with Gasteiger partial charge in [0.1, 0.15) is 6.04 Å². The first kappa shape index (κ1) is 23.8. The topological polar surface area (TPSA) is 92.3 Å². The third-order valence-corrected chi connectivity index (χ3v) is 7.72. The molecule has 2 heterocycles. The Hall–Kier alpha value is -2.32. The van der Waals surface area contributed by atoms with Gasteiger partial charge >= 0.3 is 0 Å². The monoisotopic (exact) mass is 490 g/mol. The van der Waals surface area contributed by atoms with E-state index in [2.05, 4.69) is 20.9 Å². The first-order chi connectivity index (χ1) is 15.9. The third kappa shape index (κ3) is 6.38. The van der Waals surface area contributed by atoms with Gasteiger partial charge in [0.15, 0.2) is 0 Å². The molecule has 2 fully saturated rings. The first-order valence-electron chi connectivity index (χ1n) is 11.6. The van der Waals surface area contributed by atoms with Crippen molar-refractivity contribution in [2.75, 3.05) is 12.4 Å². The molecule has 2 aliphatic rings. The van der Waals surface area contributed by atoms with Gasteiger partial charge in [0.2, 0.25) is 11.8 Å². The highest BCUT2D eigenvalue weighted by molar-refractivity contribution is 7.14. The van der Waals surface area contributed by atoms with Crippen LogP contribution in [0.1, 0.15) is 72.5 Å². The standard InChI is InChI=1S/C24H31ClN4O3S/c1-14(27-19-12-16(25)13-26-24(19)32-2)20-9-10-21(33-20)23(31)29-18(11-15-5-3-4-6-15)22(30)28-17-7-8-17/h9-10,12-15,17-18,27H,3-8,11H2,1-2H3,(H,28,30)(H,29,31)/t14-,18+/m1/s1. The Kier molecular flexibility index (Phi) is 7.75. The summed E-state index contributed by atoms with van der Waals surface area (Å²) in [5.41, 5.74) is 0.685. The lowest BCUT2D eigenvalue weighted by Crippen LogP contribution is -2.48. The highest BCUT2D eigenvalue weighted by atomic mass is 35.5. The molecule has 0 saturated heterocycles. The number of nitrogens with one attached hydrogen (secondary N) is 3. The molecule has 2 aliphatic carbocycles. The van der Waals surface area contributed by atoms with Crippen molar-refractivity contribution in [3.05, 3.63) is 39.2 Å². The van der Waals surface area contributed by atoms with Crippen LogP contribution in [0.5, 0.6) is 5.88 Å². The number of nitrogens with zero attached hydrogens (tertiary/aromatic N) is 1. The molecule has 178 valence electrons. The second kappa shape index (κ2) is 10.7. The predicted molar refractivity (Wildman–Crippen MR) is 131 cm³/mol. The summed E-state index contributed by atoms with van der Waals surface area (Å²) in [6.07, 6.45) is 8.99. The van der Waals surface area contributed by atoms with Crippen LogP contribution in [0.4, 0.5) is 5.69 Å². The lowest BCUT2D eigenvalue weighted by molar-refractivity contribution is -0.123. The van der Waals surface area contributed by atoms with Gasteiger partial charge in [-0.15, -0.1) is 11.3 Å². The lowest BCUT2D eigenvalue weighted by Gasteiger charge is -2.21. The molecule has 2 aromatic rings. The zero-order valence-corrected chi connectivity index (χ0v) is 20.6. The number of thiophene rings is 1. The smallest absolute Gasteiger partial charge is 0.262 e. The second-order valence-corrected chi connectivity index (χ2v) is 10.5. The van der Waals surface area contributed by atoms with E-state index < -0.39 is 6.04 Å². The van der Waals surface area contributed by atoms with E-state index in [0.29, 0.717) is 33.8 Å². The number of halogens is 1. The zero-order chi connectivity index (χ0) is 23.4. The Morgan fingerprint density at radius 2 is 2.00 bits per heavy atom. The minimum absolute atomic E-state index is 0.0508. The van der Waals surface area contributed by atoms with Gasteiger partial charge in [0, 0.05) is 17.1 Å². The molecule has 0 spiro atoms. The van der Waals surface area contributed by atoms with E-state index in [0.717, 1.165) is 30.6 Å².